The van der Waals surface area contributed by atoms with Gasteiger partial charge in [-0.15, -0.1) is 0 Å². The third-order valence-electron chi connectivity index (χ3n) is 6.50. The van der Waals surface area contributed by atoms with Crippen LogP contribution < -0.4 is 9.04 Å². The fourth-order valence-electron chi connectivity index (χ4n) is 4.38. The minimum atomic E-state index is -4.36. The zero-order chi connectivity index (χ0) is 29.4. The summed E-state index contributed by atoms with van der Waals surface area (Å²) in [4.78, 5) is 14.0. The van der Waals surface area contributed by atoms with Crippen LogP contribution in [0.2, 0.25) is 5.02 Å². The number of anilines is 1. The smallest absolute Gasteiger partial charge is 0.264 e. The Hall–Kier alpha value is -3.17. The van der Waals surface area contributed by atoms with Gasteiger partial charge in [-0.05, 0) is 69.2 Å². The fourth-order valence-corrected chi connectivity index (χ4v) is 6.14. The quantitative estimate of drug-likeness (QED) is 0.196. The molecule has 0 fully saturated rings. The molecule has 40 heavy (non-hydrogen) atoms. The molecule has 10 heteroatoms. The van der Waals surface area contributed by atoms with E-state index in [-0.39, 0.29) is 16.7 Å². The van der Waals surface area contributed by atoms with E-state index in [1.165, 1.54) is 24.3 Å². The molecule has 1 unspecified atom stereocenters. The molecule has 0 bridgehead atoms. The number of sulfonamides is 1. The number of carbonyl (C=O) groups is 1. The summed E-state index contributed by atoms with van der Waals surface area (Å²) in [6.45, 7) is 8.86. The lowest BCUT2D eigenvalue weighted by Gasteiger charge is -2.32. The van der Waals surface area contributed by atoms with E-state index in [2.05, 4.69) is 0 Å². The van der Waals surface area contributed by atoms with Crippen LogP contribution in [0.25, 0.3) is 0 Å². The molecule has 6 nitrogen and oxygen atoms in total. The van der Waals surface area contributed by atoms with Crippen molar-refractivity contribution in [1.82, 2.24) is 4.90 Å². The van der Waals surface area contributed by atoms with E-state index >= 15 is 4.39 Å². The van der Waals surface area contributed by atoms with Crippen LogP contribution in [0.3, 0.4) is 0 Å². The highest BCUT2D eigenvalue weighted by Crippen LogP contribution is 2.38. The molecule has 1 atom stereocenters. The number of hydrogen-bond acceptors (Lipinski definition) is 4. The van der Waals surface area contributed by atoms with Gasteiger partial charge in [0.25, 0.3) is 10.0 Å². The number of rotatable bonds is 13. The molecule has 3 aromatic carbocycles. The minimum absolute atomic E-state index is 0.0698. The topological polar surface area (TPSA) is 66.9 Å². The minimum Gasteiger partial charge on any atom is -0.493 e. The standard InChI is InChI=1S/C30H35ClF2N2O4S/c1-5-34(30(36)21(2)3)18-8-9-19-39-29-11-7-6-10-26(29)22(4)35(28-20-24(32)14-17-27(28)33)40(37,38)25-15-12-23(31)13-16-25/h6-7,10-17,20-22H,5,8-9,18-19H2,1-4H3. The first-order valence-corrected chi connectivity index (χ1v) is 15.0. The Morgan fingerprint density at radius 1 is 0.975 bits per heavy atom. The van der Waals surface area contributed by atoms with E-state index in [9.17, 15) is 17.6 Å². The van der Waals surface area contributed by atoms with Crippen LogP contribution in [0.5, 0.6) is 5.75 Å². The van der Waals surface area contributed by atoms with Crippen molar-refractivity contribution in [3.63, 3.8) is 0 Å². The van der Waals surface area contributed by atoms with Gasteiger partial charge in [-0.1, -0.05) is 43.6 Å². The van der Waals surface area contributed by atoms with Crippen LogP contribution in [0.1, 0.15) is 52.1 Å². The van der Waals surface area contributed by atoms with E-state index in [0.29, 0.717) is 42.5 Å². The first-order chi connectivity index (χ1) is 19.0. The zero-order valence-electron chi connectivity index (χ0n) is 23.1. The molecule has 0 N–H and O–H groups in total. The Morgan fingerprint density at radius 3 is 2.30 bits per heavy atom. The second-order valence-electron chi connectivity index (χ2n) is 9.69. The van der Waals surface area contributed by atoms with Crippen LogP contribution in [0.15, 0.2) is 71.6 Å². The van der Waals surface area contributed by atoms with Crippen LogP contribution in [0.4, 0.5) is 14.5 Å². The average molecular weight is 593 g/mol. The van der Waals surface area contributed by atoms with Gasteiger partial charge in [0.15, 0.2) is 0 Å². The maximum absolute atomic E-state index is 15.0. The summed E-state index contributed by atoms with van der Waals surface area (Å²) in [6, 6.07) is 14.1. The highest BCUT2D eigenvalue weighted by atomic mass is 35.5. The molecule has 0 spiro atoms. The summed E-state index contributed by atoms with van der Waals surface area (Å²) in [5.41, 5.74) is 0.0561. The van der Waals surface area contributed by atoms with Crippen molar-refractivity contribution in [1.29, 1.82) is 0 Å². The predicted molar refractivity (Wildman–Crippen MR) is 154 cm³/mol. The average Bonchev–Trinajstić information content (AvgIpc) is 2.92. The molecule has 0 aliphatic carbocycles. The van der Waals surface area contributed by atoms with Gasteiger partial charge in [0.05, 0.1) is 23.2 Å². The zero-order valence-corrected chi connectivity index (χ0v) is 24.7. The largest absolute Gasteiger partial charge is 0.493 e. The van der Waals surface area contributed by atoms with Gasteiger partial charge in [0, 0.05) is 35.7 Å². The van der Waals surface area contributed by atoms with Crippen molar-refractivity contribution < 1.29 is 26.7 Å². The number of nitrogens with zero attached hydrogens (tertiary/aromatic N) is 2. The molecule has 3 rings (SSSR count). The number of ether oxygens (including phenoxy) is 1. The normalized spacial score (nSPS) is 12.3. The number of unbranched alkanes of at least 4 members (excludes halogenated alkanes) is 1. The summed E-state index contributed by atoms with van der Waals surface area (Å²) in [6.07, 6.45) is 1.39. The number of halogens is 3. The van der Waals surface area contributed by atoms with Crippen molar-refractivity contribution in [2.24, 2.45) is 5.92 Å². The molecule has 216 valence electrons. The summed E-state index contributed by atoms with van der Waals surface area (Å²) >= 11 is 5.96. The molecule has 0 aliphatic heterocycles. The summed E-state index contributed by atoms with van der Waals surface area (Å²) in [5, 5.41) is 0.338. The molecule has 0 saturated carbocycles. The predicted octanol–water partition coefficient (Wildman–Crippen LogP) is 7.24. The number of carbonyl (C=O) groups excluding carboxylic acids is 1. The van der Waals surface area contributed by atoms with E-state index in [1.807, 2.05) is 25.7 Å². The Bertz CT molecular complexity index is 1400. The molecule has 0 saturated heterocycles. The van der Waals surface area contributed by atoms with Gasteiger partial charge in [-0.25, -0.2) is 17.2 Å². The monoisotopic (exact) mass is 592 g/mol. The molecule has 0 aliphatic rings. The van der Waals surface area contributed by atoms with Gasteiger partial charge >= 0.3 is 0 Å². The van der Waals surface area contributed by atoms with E-state index in [1.54, 1.807) is 31.2 Å². The van der Waals surface area contributed by atoms with Gasteiger partial charge < -0.3 is 9.64 Å². The van der Waals surface area contributed by atoms with E-state index in [4.69, 9.17) is 16.3 Å². The Morgan fingerprint density at radius 2 is 1.65 bits per heavy atom. The van der Waals surface area contributed by atoms with Gasteiger partial charge in [0.2, 0.25) is 5.91 Å². The number of para-hydroxylation sites is 1. The van der Waals surface area contributed by atoms with E-state index in [0.717, 1.165) is 28.9 Å². The van der Waals surface area contributed by atoms with Crippen LogP contribution in [-0.2, 0) is 14.8 Å². The Balaban J connectivity index is 1.88. The second-order valence-corrected chi connectivity index (χ2v) is 11.9. The Kier molecular flexibility index (Phi) is 10.9. The molecular formula is C30H35ClF2N2O4S. The third-order valence-corrected chi connectivity index (χ3v) is 8.65. The summed E-state index contributed by atoms with van der Waals surface area (Å²) < 4.78 is 63.9. The number of amides is 1. The molecule has 0 heterocycles. The van der Waals surface area contributed by atoms with Crippen molar-refractivity contribution in [3.8, 4) is 5.75 Å². The van der Waals surface area contributed by atoms with Crippen molar-refractivity contribution in [2.45, 2.75) is 51.5 Å². The second kappa shape index (κ2) is 13.9. The lowest BCUT2D eigenvalue weighted by Crippen LogP contribution is -2.35. The van der Waals surface area contributed by atoms with Gasteiger partial charge in [-0.3, -0.25) is 9.10 Å². The fraction of sp³-hybridized carbons (Fsp3) is 0.367. The van der Waals surface area contributed by atoms with Crippen LogP contribution in [0, 0.1) is 17.6 Å². The maximum Gasteiger partial charge on any atom is 0.264 e. The third kappa shape index (κ3) is 7.52. The molecule has 0 aromatic heterocycles. The highest BCUT2D eigenvalue weighted by Gasteiger charge is 2.34. The molecule has 3 aromatic rings. The number of hydrogen-bond donors (Lipinski definition) is 0. The van der Waals surface area contributed by atoms with Crippen LogP contribution in [-0.4, -0.2) is 38.9 Å². The molecular weight excluding hydrogens is 558 g/mol. The molecule has 1 amide bonds. The molecule has 0 radical (unpaired) electrons. The first kappa shape index (κ1) is 31.4. The van der Waals surface area contributed by atoms with Gasteiger partial charge in [-0.2, -0.15) is 0 Å². The van der Waals surface area contributed by atoms with Gasteiger partial charge in [0.1, 0.15) is 17.4 Å². The summed E-state index contributed by atoms with van der Waals surface area (Å²) in [7, 11) is -4.36. The van der Waals surface area contributed by atoms with Crippen molar-refractivity contribution in [3.05, 3.63) is 89.0 Å². The lowest BCUT2D eigenvalue weighted by molar-refractivity contribution is -0.134. The Labute approximate surface area is 240 Å². The lowest BCUT2D eigenvalue weighted by atomic mass is 10.1. The van der Waals surface area contributed by atoms with E-state index < -0.39 is 33.4 Å². The maximum atomic E-state index is 15.0. The SMILES string of the molecule is CCN(CCCCOc1ccccc1C(C)N(c1cc(F)ccc1F)S(=O)(=O)c1ccc(Cl)cc1)C(=O)C(C)C. The first-order valence-electron chi connectivity index (χ1n) is 13.2. The number of benzene rings is 3. The van der Waals surface area contributed by atoms with Crippen molar-refractivity contribution in [2.75, 3.05) is 24.0 Å². The van der Waals surface area contributed by atoms with Crippen molar-refractivity contribution >= 4 is 33.2 Å². The summed E-state index contributed by atoms with van der Waals surface area (Å²) in [5.74, 6) is -1.20. The van der Waals surface area contributed by atoms with Crippen LogP contribution >= 0.6 is 11.6 Å². The highest BCUT2D eigenvalue weighted by molar-refractivity contribution is 7.92.